The lowest BCUT2D eigenvalue weighted by Crippen LogP contribution is -2.37. The number of hydrogen-bond acceptors (Lipinski definition) is 8. The van der Waals surface area contributed by atoms with Gasteiger partial charge in [0.15, 0.2) is 5.57 Å². The third kappa shape index (κ3) is 8.36. The van der Waals surface area contributed by atoms with E-state index in [1.165, 1.54) is 6.20 Å². The first kappa shape index (κ1) is 30.8. The molecule has 3 rings (SSSR count). The number of nitriles is 1. The van der Waals surface area contributed by atoms with Gasteiger partial charge >= 0.3 is 6.18 Å². The van der Waals surface area contributed by atoms with Crippen molar-refractivity contribution in [3.63, 3.8) is 0 Å². The molecular formula is C27H27F3N6O4S. The van der Waals surface area contributed by atoms with Crippen molar-refractivity contribution in [2.24, 2.45) is 0 Å². The van der Waals surface area contributed by atoms with Crippen molar-refractivity contribution in [2.75, 3.05) is 42.8 Å². The summed E-state index contributed by atoms with van der Waals surface area (Å²) in [6.45, 7) is 0.153. The standard InChI is InChI=1S/C27H27F3N6O4S/c1-4-36-25(39)22(41-26(36)21(13-31)24(38)33-16-27(28,29)30)14-32-17-7-5-8-18(11-17)34-23(37)15-35(2)19-9-6-10-20(12-19)40-3/h5-12,14,32H,4,15-16H2,1-3H3,(H,33,38)(H,34,37)/b22-14+,26-21-. The van der Waals surface area contributed by atoms with Gasteiger partial charge in [0.1, 0.15) is 27.6 Å². The summed E-state index contributed by atoms with van der Waals surface area (Å²) in [5, 5.41) is 16.9. The van der Waals surface area contributed by atoms with Gasteiger partial charge in [-0.1, -0.05) is 12.1 Å². The molecule has 0 aliphatic heterocycles. The number of halogens is 3. The zero-order chi connectivity index (χ0) is 30.2. The van der Waals surface area contributed by atoms with Crippen LogP contribution in [0.1, 0.15) is 6.92 Å². The van der Waals surface area contributed by atoms with Crippen LogP contribution in [0.15, 0.2) is 53.3 Å². The average Bonchev–Trinajstić information content (AvgIpc) is 3.25. The van der Waals surface area contributed by atoms with E-state index in [0.29, 0.717) is 17.1 Å². The van der Waals surface area contributed by atoms with E-state index in [-0.39, 0.29) is 28.2 Å². The van der Waals surface area contributed by atoms with E-state index in [1.807, 2.05) is 18.2 Å². The van der Waals surface area contributed by atoms with Crippen LogP contribution in [-0.4, -0.2) is 49.8 Å². The number of methoxy groups -OCH3 is 1. The number of amides is 2. The van der Waals surface area contributed by atoms with Gasteiger partial charge in [-0.15, -0.1) is 11.3 Å². The van der Waals surface area contributed by atoms with E-state index in [4.69, 9.17) is 4.74 Å². The number of carbonyl (C=O) groups excluding carboxylic acids is 2. The molecule has 14 heteroatoms. The van der Waals surface area contributed by atoms with E-state index >= 15 is 0 Å². The van der Waals surface area contributed by atoms with Crippen LogP contribution in [0.4, 0.5) is 30.2 Å². The lowest BCUT2D eigenvalue weighted by Gasteiger charge is -2.19. The molecule has 0 fully saturated rings. The van der Waals surface area contributed by atoms with Crippen LogP contribution >= 0.6 is 11.3 Å². The van der Waals surface area contributed by atoms with Crippen molar-refractivity contribution < 1.29 is 27.5 Å². The van der Waals surface area contributed by atoms with Crippen molar-refractivity contribution >= 4 is 52.0 Å². The molecule has 2 aromatic carbocycles. The van der Waals surface area contributed by atoms with E-state index in [1.54, 1.807) is 67.7 Å². The monoisotopic (exact) mass is 588 g/mol. The summed E-state index contributed by atoms with van der Waals surface area (Å²) in [6.07, 6.45) is -3.29. The van der Waals surface area contributed by atoms with Crippen LogP contribution < -0.4 is 40.3 Å². The molecule has 3 N–H and O–H groups in total. The third-order valence-electron chi connectivity index (χ3n) is 5.62. The van der Waals surface area contributed by atoms with E-state index < -0.39 is 29.8 Å². The first-order chi connectivity index (χ1) is 19.4. The topological polar surface area (TPSA) is 128 Å². The molecule has 1 aromatic heterocycles. The molecule has 0 saturated heterocycles. The van der Waals surface area contributed by atoms with E-state index in [2.05, 4.69) is 10.6 Å². The maximum atomic E-state index is 12.9. The smallest absolute Gasteiger partial charge is 0.405 e. The summed E-state index contributed by atoms with van der Waals surface area (Å²) in [4.78, 5) is 39.5. The lowest BCUT2D eigenvalue weighted by molar-refractivity contribution is -0.135. The molecule has 3 aromatic rings. The zero-order valence-corrected chi connectivity index (χ0v) is 23.2. The Morgan fingerprint density at radius 3 is 2.54 bits per heavy atom. The minimum atomic E-state index is -4.65. The molecule has 0 spiro atoms. The molecule has 0 aliphatic carbocycles. The Kier molecular flexibility index (Phi) is 10.2. The fourth-order valence-electron chi connectivity index (χ4n) is 3.65. The van der Waals surface area contributed by atoms with Gasteiger partial charge < -0.3 is 25.6 Å². The van der Waals surface area contributed by atoms with Crippen molar-refractivity contribution in [1.82, 2.24) is 9.88 Å². The second-order valence-corrected chi connectivity index (χ2v) is 9.61. The molecule has 0 unspecified atom stereocenters. The number of benzene rings is 2. The van der Waals surface area contributed by atoms with Crippen LogP contribution in [0.3, 0.4) is 0 Å². The van der Waals surface area contributed by atoms with Crippen LogP contribution in [0.2, 0.25) is 0 Å². The number of likely N-dealkylation sites (N-methyl/N-ethyl adjacent to an activating group) is 1. The van der Waals surface area contributed by atoms with Crippen molar-refractivity contribution in [2.45, 2.75) is 19.6 Å². The highest BCUT2D eigenvalue weighted by atomic mass is 32.1. The largest absolute Gasteiger partial charge is 0.497 e. The van der Waals surface area contributed by atoms with E-state index in [9.17, 15) is 32.8 Å². The minimum absolute atomic E-state index is 0.0612. The van der Waals surface area contributed by atoms with Gasteiger partial charge in [-0.3, -0.25) is 19.0 Å². The maximum absolute atomic E-state index is 12.9. The number of anilines is 3. The molecule has 0 atom stereocenters. The highest BCUT2D eigenvalue weighted by Crippen LogP contribution is 2.20. The molecule has 0 saturated carbocycles. The average molecular weight is 589 g/mol. The third-order valence-corrected chi connectivity index (χ3v) is 6.75. The van der Waals surface area contributed by atoms with Crippen LogP contribution in [-0.2, 0) is 16.1 Å². The summed E-state index contributed by atoms with van der Waals surface area (Å²) in [5.74, 6) is -0.832. The molecule has 216 valence electrons. The fourth-order valence-corrected chi connectivity index (χ4v) is 4.73. The Bertz CT molecular complexity index is 1640. The minimum Gasteiger partial charge on any atom is -0.497 e. The summed E-state index contributed by atoms with van der Waals surface area (Å²) in [5.41, 5.74) is 0.690. The normalized spacial score (nSPS) is 12.3. The number of nitrogens with zero attached hydrogens (tertiary/aromatic N) is 3. The number of carbonyl (C=O) groups is 2. The Hall–Kier alpha value is -4.77. The molecule has 10 nitrogen and oxygen atoms in total. The van der Waals surface area contributed by atoms with Gasteiger partial charge in [-0.25, -0.2) is 0 Å². The Morgan fingerprint density at radius 2 is 1.88 bits per heavy atom. The first-order valence-electron chi connectivity index (χ1n) is 12.2. The number of rotatable bonds is 10. The van der Waals surface area contributed by atoms with E-state index in [0.717, 1.165) is 21.6 Å². The second kappa shape index (κ2) is 13.5. The van der Waals surface area contributed by atoms with Gasteiger partial charge in [0.05, 0.1) is 13.7 Å². The number of thiazole rings is 1. The van der Waals surface area contributed by atoms with Crippen molar-refractivity contribution in [3.8, 4) is 11.8 Å². The molecule has 0 aliphatic rings. The predicted molar refractivity (Wildman–Crippen MR) is 151 cm³/mol. The van der Waals surface area contributed by atoms with Crippen molar-refractivity contribution in [3.05, 3.63) is 68.1 Å². The molecule has 41 heavy (non-hydrogen) atoms. The van der Waals surface area contributed by atoms with Crippen LogP contribution in [0, 0.1) is 11.3 Å². The number of ether oxygens (including phenoxy) is 1. The van der Waals surface area contributed by atoms with Crippen molar-refractivity contribution in [1.29, 1.82) is 5.26 Å². The Balaban J connectivity index is 1.78. The fraction of sp³-hybridized carbons (Fsp3) is 0.259. The highest BCUT2D eigenvalue weighted by Gasteiger charge is 2.29. The maximum Gasteiger partial charge on any atom is 0.405 e. The molecule has 2 amide bonds. The Morgan fingerprint density at radius 1 is 1.17 bits per heavy atom. The van der Waals surface area contributed by atoms with Gasteiger partial charge in [0, 0.05) is 42.9 Å². The zero-order valence-electron chi connectivity index (χ0n) is 22.3. The van der Waals surface area contributed by atoms with Gasteiger partial charge in [0.2, 0.25) is 5.91 Å². The van der Waals surface area contributed by atoms with Gasteiger partial charge in [-0.05, 0) is 37.3 Å². The number of aromatic nitrogens is 1. The summed E-state index contributed by atoms with van der Waals surface area (Å²) >= 11 is 0.793. The Labute approximate surface area is 237 Å². The summed E-state index contributed by atoms with van der Waals surface area (Å²) < 4.78 is 43.9. The number of nitrogens with one attached hydrogen (secondary N) is 3. The number of hydrogen-bond donors (Lipinski definition) is 3. The van der Waals surface area contributed by atoms with Gasteiger partial charge in [-0.2, -0.15) is 18.4 Å². The summed E-state index contributed by atoms with van der Waals surface area (Å²) in [7, 11) is 3.33. The molecular weight excluding hydrogens is 561 g/mol. The number of alkyl halides is 3. The van der Waals surface area contributed by atoms with Crippen LogP contribution in [0.5, 0.6) is 5.75 Å². The lowest BCUT2D eigenvalue weighted by atomic mass is 10.2. The highest BCUT2D eigenvalue weighted by molar-refractivity contribution is 7.07. The predicted octanol–water partition coefficient (Wildman–Crippen LogP) is 2.22. The molecule has 1 heterocycles. The summed E-state index contributed by atoms with van der Waals surface area (Å²) in [6, 6.07) is 15.6. The van der Waals surface area contributed by atoms with Gasteiger partial charge in [0.25, 0.3) is 11.5 Å². The van der Waals surface area contributed by atoms with Crippen LogP contribution in [0.25, 0.3) is 11.8 Å². The SMILES string of the molecule is CCn1c(=O)/c(=C\Nc2cccc(NC(=O)CN(C)c3cccc(OC)c3)c2)s/c1=C(/C#N)C(=O)NCC(F)(F)F. The first-order valence-corrected chi connectivity index (χ1v) is 13.0. The quantitative estimate of drug-likeness (QED) is 0.331. The molecule has 0 bridgehead atoms. The molecule has 0 radical (unpaired) electrons. The second-order valence-electron chi connectivity index (χ2n) is 8.58.